The van der Waals surface area contributed by atoms with Gasteiger partial charge in [-0.15, -0.1) is 23.1 Å². The van der Waals surface area contributed by atoms with E-state index in [1.165, 1.54) is 16.2 Å². The smallest absolute Gasteiger partial charge is 0.355 e. The summed E-state index contributed by atoms with van der Waals surface area (Å²) in [5.41, 5.74) is 1.25. The van der Waals surface area contributed by atoms with Gasteiger partial charge in [-0.1, -0.05) is 6.07 Å². The monoisotopic (exact) mass is 350 g/mol. The third-order valence-corrected chi connectivity index (χ3v) is 6.38. The first-order valence-electron chi connectivity index (χ1n) is 7.26. The summed E-state index contributed by atoms with van der Waals surface area (Å²) < 4.78 is 5.19. The number of fused-ring (bicyclic) bond motifs is 2. The average Bonchev–Trinajstić information content (AvgIpc) is 3.12. The van der Waals surface area contributed by atoms with Gasteiger partial charge in [-0.3, -0.25) is 14.5 Å². The number of ether oxygens (including phenoxy) is 1. The lowest BCUT2D eigenvalue weighted by molar-refractivity contribution is -0.151. The van der Waals surface area contributed by atoms with Crippen LogP contribution in [0.25, 0.3) is 0 Å². The topological polar surface area (TPSA) is 75.7 Å². The molecule has 0 spiro atoms. The molecule has 3 aliphatic heterocycles. The molecule has 1 saturated heterocycles. The number of cyclic esters (lactones) is 1. The van der Waals surface area contributed by atoms with Gasteiger partial charge in [-0.25, -0.2) is 4.79 Å². The molecule has 1 aromatic rings. The van der Waals surface area contributed by atoms with E-state index in [1.54, 1.807) is 11.8 Å². The van der Waals surface area contributed by atoms with E-state index in [4.69, 9.17) is 4.74 Å². The molecule has 120 valence electrons. The van der Waals surface area contributed by atoms with Gasteiger partial charge in [0.2, 0.25) is 5.91 Å². The van der Waals surface area contributed by atoms with Crippen molar-refractivity contribution in [3.05, 3.63) is 33.7 Å². The number of thiophene rings is 1. The normalized spacial score (nSPS) is 28.9. The van der Waals surface area contributed by atoms with E-state index in [0.29, 0.717) is 11.4 Å². The van der Waals surface area contributed by atoms with Crippen molar-refractivity contribution in [1.82, 2.24) is 10.2 Å². The van der Waals surface area contributed by atoms with E-state index in [1.807, 2.05) is 24.4 Å². The Balaban J connectivity index is 1.46. The second kappa shape index (κ2) is 5.38. The molecule has 3 aliphatic rings. The van der Waals surface area contributed by atoms with Gasteiger partial charge in [-0.05, 0) is 18.4 Å². The number of esters is 1. The van der Waals surface area contributed by atoms with Gasteiger partial charge in [0.1, 0.15) is 23.2 Å². The number of rotatable bonds is 3. The van der Waals surface area contributed by atoms with Crippen molar-refractivity contribution in [2.24, 2.45) is 0 Å². The maximum atomic E-state index is 12.4. The zero-order valence-electron chi connectivity index (χ0n) is 12.3. The lowest BCUT2D eigenvalue weighted by Gasteiger charge is -2.48. The Kier molecular flexibility index (Phi) is 3.46. The van der Waals surface area contributed by atoms with Crippen molar-refractivity contribution in [3.8, 4) is 0 Å². The van der Waals surface area contributed by atoms with Gasteiger partial charge >= 0.3 is 5.97 Å². The molecule has 1 unspecified atom stereocenters. The fourth-order valence-corrected chi connectivity index (χ4v) is 5.19. The van der Waals surface area contributed by atoms with Crippen molar-refractivity contribution < 1.29 is 19.1 Å². The summed E-state index contributed by atoms with van der Waals surface area (Å²) in [5, 5.41) is 4.49. The second-order valence-corrected chi connectivity index (χ2v) is 7.77. The quantitative estimate of drug-likeness (QED) is 0.647. The molecule has 1 aromatic heterocycles. The van der Waals surface area contributed by atoms with E-state index in [0.717, 1.165) is 10.5 Å². The Morgan fingerprint density at radius 2 is 2.30 bits per heavy atom. The van der Waals surface area contributed by atoms with E-state index >= 15 is 0 Å². The number of hydrogen-bond acceptors (Lipinski definition) is 6. The SMILES string of the molecule is CC1OC(=O)C2=C1CS[C@H]1[C@H](NC(=O)Cc3cccs3)C(=O)N21. The van der Waals surface area contributed by atoms with Crippen LogP contribution >= 0.6 is 23.1 Å². The molecule has 8 heteroatoms. The van der Waals surface area contributed by atoms with Crippen molar-refractivity contribution in [3.63, 3.8) is 0 Å². The summed E-state index contributed by atoms with van der Waals surface area (Å²) in [6.07, 6.45) is -0.00232. The number of carbonyl (C=O) groups excluding carboxylic acids is 3. The van der Waals surface area contributed by atoms with Crippen LogP contribution in [0.15, 0.2) is 28.8 Å². The van der Waals surface area contributed by atoms with Crippen LogP contribution in [0.3, 0.4) is 0 Å². The Hall–Kier alpha value is -1.80. The Morgan fingerprint density at radius 3 is 3.04 bits per heavy atom. The maximum absolute atomic E-state index is 12.4. The fourth-order valence-electron chi connectivity index (χ4n) is 3.03. The summed E-state index contributed by atoms with van der Waals surface area (Å²) in [4.78, 5) is 38.8. The van der Waals surface area contributed by atoms with Crippen LogP contribution in [0.2, 0.25) is 0 Å². The van der Waals surface area contributed by atoms with Crippen LogP contribution < -0.4 is 5.32 Å². The van der Waals surface area contributed by atoms with Gasteiger partial charge in [-0.2, -0.15) is 0 Å². The van der Waals surface area contributed by atoms with E-state index in [9.17, 15) is 14.4 Å². The Labute approximate surface area is 140 Å². The number of amides is 2. The number of nitrogens with one attached hydrogen (secondary N) is 1. The molecule has 23 heavy (non-hydrogen) atoms. The summed E-state index contributed by atoms with van der Waals surface area (Å²) in [5.74, 6) is -0.198. The van der Waals surface area contributed by atoms with Gasteiger partial charge in [0.05, 0.1) is 6.42 Å². The molecule has 2 amide bonds. The molecule has 0 bridgehead atoms. The summed E-state index contributed by atoms with van der Waals surface area (Å²) in [6.45, 7) is 1.81. The molecular weight excluding hydrogens is 336 g/mol. The van der Waals surface area contributed by atoms with Gasteiger partial charge in [0, 0.05) is 16.2 Å². The van der Waals surface area contributed by atoms with Crippen LogP contribution in [-0.4, -0.2) is 46.0 Å². The number of thioether (sulfide) groups is 1. The van der Waals surface area contributed by atoms with Crippen LogP contribution in [0.4, 0.5) is 0 Å². The third kappa shape index (κ3) is 2.28. The molecule has 1 fully saturated rings. The molecule has 0 radical (unpaired) electrons. The molecule has 0 aromatic carbocycles. The molecular formula is C15H14N2O4S2. The number of hydrogen-bond donors (Lipinski definition) is 1. The molecule has 4 heterocycles. The zero-order valence-corrected chi connectivity index (χ0v) is 13.9. The molecule has 3 atom stereocenters. The first kappa shape index (κ1) is 14.8. The van der Waals surface area contributed by atoms with Crippen molar-refractivity contribution in [2.75, 3.05) is 5.75 Å². The van der Waals surface area contributed by atoms with E-state index in [2.05, 4.69) is 5.32 Å². The van der Waals surface area contributed by atoms with Crippen molar-refractivity contribution in [2.45, 2.75) is 30.9 Å². The van der Waals surface area contributed by atoms with E-state index < -0.39 is 12.0 Å². The molecule has 1 N–H and O–H groups in total. The van der Waals surface area contributed by atoms with Crippen LogP contribution in [0.5, 0.6) is 0 Å². The fraction of sp³-hybridized carbons (Fsp3) is 0.400. The van der Waals surface area contributed by atoms with Gasteiger partial charge < -0.3 is 10.1 Å². The standard InChI is InChI=1S/C15H14N2O4S2/c1-7-9-6-23-14-11(13(19)17(14)12(9)15(20)21-7)16-10(18)5-8-3-2-4-22-8/h2-4,7,11,14H,5-6H2,1H3,(H,16,18)/t7?,11-,14+/m1/s1. The maximum Gasteiger partial charge on any atom is 0.355 e. The van der Waals surface area contributed by atoms with Crippen LogP contribution in [0, 0.1) is 0 Å². The number of carbonyl (C=O) groups is 3. The predicted octanol–water partition coefficient (Wildman–Crippen LogP) is 0.890. The highest BCUT2D eigenvalue weighted by Gasteiger charge is 2.56. The predicted molar refractivity (Wildman–Crippen MR) is 85.6 cm³/mol. The minimum Gasteiger partial charge on any atom is -0.453 e. The first-order chi connectivity index (χ1) is 11.1. The van der Waals surface area contributed by atoms with E-state index in [-0.39, 0.29) is 29.7 Å². The molecule has 4 rings (SSSR count). The van der Waals surface area contributed by atoms with Gasteiger partial charge in [0.15, 0.2) is 0 Å². The molecule has 0 saturated carbocycles. The lowest BCUT2D eigenvalue weighted by Crippen LogP contribution is -2.70. The van der Waals surface area contributed by atoms with Crippen molar-refractivity contribution in [1.29, 1.82) is 0 Å². The second-order valence-electron chi connectivity index (χ2n) is 5.63. The van der Waals surface area contributed by atoms with Crippen LogP contribution in [0.1, 0.15) is 11.8 Å². The number of nitrogens with zero attached hydrogens (tertiary/aromatic N) is 1. The summed E-state index contributed by atoms with van der Waals surface area (Å²) in [7, 11) is 0. The molecule has 6 nitrogen and oxygen atoms in total. The Morgan fingerprint density at radius 1 is 1.48 bits per heavy atom. The minimum absolute atomic E-state index is 0.173. The lowest BCUT2D eigenvalue weighted by atomic mass is 10.0. The number of β-lactam (4-membered cyclic amide) rings is 1. The minimum atomic E-state index is -0.565. The molecule has 0 aliphatic carbocycles. The summed E-state index contributed by atoms with van der Waals surface area (Å²) in [6, 6.07) is 3.22. The largest absolute Gasteiger partial charge is 0.453 e. The highest BCUT2D eigenvalue weighted by molar-refractivity contribution is 8.00. The zero-order chi connectivity index (χ0) is 16.1. The highest BCUT2D eigenvalue weighted by Crippen LogP contribution is 2.44. The highest BCUT2D eigenvalue weighted by atomic mass is 32.2. The third-order valence-electron chi connectivity index (χ3n) is 4.20. The summed E-state index contributed by atoms with van der Waals surface area (Å²) >= 11 is 3.07. The van der Waals surface area contributed by atoms with Crippen molar-refractivity contribution >= 4 is 40.9 Å². The van der Waals surface area contributed by atoms with Crippen LogP contribution in [-0.2, 0) is 25.5 Å². The Bertz CT molecular complexity index is 728. The van der Waals surface area contributed by atoms with Gasteiger partial charge in [0.25, 0.3) is 5.91 Å². The first-order valence-corrected chi connectivity index (χ1v) is 9.19. The average molecular weight is 350 g/mol.